The number of likely N-dealkylation sites (N-methyl/N-ethyl adjacent to an activating group) is 1. The number of urea groups is 4. The van der Waals surface area contributed by atoms with Crippen molar-refractivity contribution >= 4 is 232 Å². The Labute approximate surface area is 913 Å². The summed E-state index contributed by atoms with van der Waals surface area (Å²) in [5, 5.41) is 23.1. The number of piperazine rings is 2. The fourth-order valence-electron chi connectivity index (χ4n) is 18.9. The number of hydrogen-bond donors (Lipinski definition) is 6. The van der Waals surface area contributed by atoms with Crippen LogP contribution in [0, 0.1) is 52.5 Å². The highest BCUT2D eigenvalue weighted by molar-refractivity contribution is 8.00. The average Bonchev–Trinajstić information content (AvgIpc) is 1.74. The van der Waals surface area contributed by atoms with Crippen molar-refractivity contribution in [3.63, 3.8) is 0 Å². The third-order valence-corrected chi connectivity index (χ3v) is 33.0. The van der Waals surface area contributed by atoms with Crippen LogP contribution in [0.15, 0.2) is 210 Å². The van der Waals surface area contributed by atoms with Crippen LogP contribution in [0.3, 0.4) is 0 Å². The number of anilines is 12. The number of para-hydroxylation sites is 4. The number of nitrogens with one attached hydrogen (secondary N) is 6. The van der Waals surface area contributed by atoms with Crippen molar-refractivity contribution < 1.29 is 54.3 Å². The second kappa shape index (κ2) is 48.3. The highest BCUT2D eigenvalue weighted by Gasteiger charge is 2.43. The Morgan fingerprint density at radius 3 is 1.00 bits per heavy atom. The first-order chi connectivity index (χ1) is 71.7. The molecule has 9 aliphatic rings. The van der Waals surface area contributed by atoms with E-state index in [1.807, 2.05) is 24.3 Å². The number of benzene rings is 8. The Morgan fingerprint density at radius 2 is 0.678 bits per heavy atom. The van der Waals surface area contributed by atoms with Gasteiger partial charge in [-0.1, -0.05) is 164 Å². The maximum absolute atomic E-state index is 14.7. The first kappa shape index (κ1) is 108. The minimum atomic E-state index is -0.667. The van der Waals surface area contributed by atoms with Gasteiger partial charge in [-0.05, 0) is 220 Å². The number of carbonyl (C=O) groups excluding carboxylic acids is 4. The Hall–Kier alpha value is -10.4. The molecular weight excluding hydrogens is 2170 g/mol. The molecule has 8 amide bonds. The number of carbonyl (C=O) groups is 4. The van der Waals surface area contributed by atoms with E-state index in [0.29, 0.717) is 146 Å². The van der Waals surface area contributed by atoms with E-state index in [2.05, 4.69) is 94.4 Å². The second-order valence-electron chi connectivity index (χ2n) is 36.9. The number of halogens is 16. The molecule has 149 heavy (non-hydrogen) atoms. The van der Waals surface area contributed by atoms with Crippen molar-refractivity contribution in [1.82, 2.24) is 66.1 Å². The Morgan fingerprint density at radius 1 is 0.362 bits per heavy atom. The van der Waals surface area contributed by atoms with Crippen LogP contribution in [0.2, 0.25) is 40.2 Å². The number of fused-ring (bicyclic) bond motifs is 6. The standard InChI is InChI=1S/C28H30Cl2F2N6OS.C27H28Cl2F2N6OS.C25H20Cl2F2N4OS.C24H21Cl2F2N5OS/c1-35(2)9-4-10-36-11-13-37(14-12-36)24-16-23-22(34-27(24)40-25-8-7-18(31)15-21(25)32)17-33-28(39)38(23)26-19(29)5-3-6-20(26)30;1-34(2)8-9-35-10-12-36(13-11-35)23-15-22-21(33-26(23)39-24-7-6-17(30)14-20(24)31)16-32-27(38)37(22)25-18(28)4-3-5-19(25)29;26-16-2-1-3-17(27)23(16)33-20-10-21(32-12-13-4-6-15(32)8-13)24(31-19(20)11-30-25(33)34)35-22-7-5-14(28)9-18(22)29;25-15-2-1-3-16(26)22(15)33-20-11-18(31-14-6-8-29-9-7-14)23(32-19(20)12-30-24(33)34)35-21-5-4-13(27)10-17(21)28/h3,5-8,15-16H,4,9-14,17H2,1-2H3,(H,33,39);3-7,14-15H,8-13,16H2,1-2H3,(H,32,38);1-3,5,7,9-10,13,15H,4,6,8,11-12H2,(H,30,34);1-5,10-11,14,29,31H,6-9,12H2,(H,30,34). The highest BCUT2D eigenvalue weighted by Crippen LogP contribution is 2.53. The normalized spacial score (nSPS) is 17.2. The number of rotatable bonds is 24. The molecule has 780 valence electrons. The molecule has 2 bridgehead atoms. The fraction of sp³-hybridized carbons (Fsp3) is 0.308. The summed E-state index contributed by atoms with van der Waals surface area (Å²) in [5.74, 6) is -4.56. The van der Waals surface area contributed by atoms with E-state index in [9.17, 15) is 54.3 Å². The van der Waals surface area contributed by atoms with Gasteiger partial charge in [0.15, 0.2) is 0 Å². The molecule has 21 rings (SSSR count). The van der Waals surface area contributed by atoms with Gasteiger partial charge in [0.25, 0.3) is 0 Å². The van der Waals surface area contributed by atoms with Crippen LogP contribution in [0.5, 0.6) is 0 Å². The number of amides is 8. The molecule has 0 spiro atoms. The monoisotopic (exact) mass is 2270 g/mol. The summed E-state index contributed by atoms with van der Waals surface area (Å²) >= 11 is 56.4. The zero-order valence-corrected chi connectivity index (χ0v) is 89.9. The number of pyridine rings is 4. The number of aromatic nitrogens is 4. The minimum absolute atomic E-state index is 0.170. The van der Waals surface area contributed by atoms with Crippen molar-refractivity contribution in [1.29, 1.82) is 0 Å². The van der Waals surface area contributed by atoms with Crippen LogP contribution in [0.25, 0.3) is 0 Å². The van der Waals surface area contributed by atoms with Crippen molar-refractivity contribution in [2.75, 3.05) is 166 Å². The van der Waals surface area contributed by atoms with Crippen molar-refractivity contribution in [3.05, 3.63) is 279 Å². The third-order valence-electron chi connectivity index (χ3n) is 26.4. The zero-order chi connectivity index (χ0) is 105. The number of hydrogen-bond acceptors (Lipinski definition) is 21. The lowest BCUT2D eigenvalue weighted by Gasteiger charge is -2.38. The highest BCUT2D eigenvalue weighted by atomic mass is 35.5. The van der Waals surface area contributed by atoms with Crippen molar-refractivity contribution in [2.45, 2.75) is 116 Å². The fourth-order valence-corrected chi connectivity index (χ4v) is 24.9. The molecule has 12 heterocycles. The largest absolute Gasteiger partial charge is 0.380 e. The maximum Gasteiger partial charge on any atom is 0.326 e. The first-order valence-electron chi connectivity index (χ1n) is 47.9. The van der Waals surface area contributed by atoms with Gasteiger partial charge in [0.2, 0.25) is 0 Å². The minimum Gasteiger partial charge on any atom is -0.380 e. The predicted octanol–water partition coefficient (Wildman–Crippen LogP) is 25.6. The lowest BCUT2D eigenvalue weighted by molar-refractivity contribution is 0.229. The third kappa shape index (κ3) is 25.1. The molecule has 4 saturated heterocycles. The molecule has 4 aromatic heterocycles. The van der Waals surface area contributed by atoms with Gasteiger partial charge in [-0.3, -0.25) is 29.4 Å². The van der Waals surface area contributed by atoms with Gasteiger partial charge in [0.1, 0.15) is 66.6 Å². The first-order valence-corrected chi connectivity index (χ1v) is 54.2. The van der Waals surface area contributed by atoms with E-state index in [1.165, 1.54) is 74.6 Å². The van der Waals surface area contributed by atoms with Crippen molar-refractivity contribution in [3.8, 4) is 0 Å². The Bertz CT molecular complexity index is 7000. The summed E-state index contributed by atoms with van der Waals surface area (Å²) in [6.45, 7) is 13.7. The second-order valence-corrected chi connectivity index (χ2v) is 44.3. The summed E-state index contributed by atoms with van der Waals surface area (Å²) in [5.41, 5.74) is 9.07. The van der Waals surface area contributed by atoms with Crippen LogP contribution in [-0.4, -0.2) is 202 Å². The SMILES string of the molecule is CN(C)CCCN1CCN(c2cc3c(nc2Sc2ccc(F)cc2F)CNC(=O)N3c2c(Cl)cccc2Cl)CC1.CN(C)CCN1CCN(c2cc3c(nc2Sc2ccc(F)cc2F)CNC(=O)N3c2c(Cl)cccc2Cl)CC1.O=C1NCc2nc(Sc3ccc(F)cc3F)c(N3CC4CCC3C4)cc2N1c1c(Cl)cccc1Cl.O=C1NCc2nc(Sc3ccc(F)cc3F)c(NC3CCNCC3)cc2N1c1c(Cl)cccc1Cl. The molecule has 8 aliphatic heterocycles. The molecule has 25 nitrogen and oxygen atoms in total. The van der Waals surface area contributed by atoms with Crippen LogP contribution >= 0.6 is 140 Å². The van der Waals surface area contributed by atoms with Crippen LogP contribution in [0.1, 0.15) is 61.3 Å². The van der Waals surface area contributed by atoms with E-state index in [-0.39, 0.29) is 75.9 Å². The summed E-state index contributed by atoms with van der Waals surface area (Å²) < 4.78 is 113. The van der Waals surface area contributed by atoms with Crippen LogP contribution < -0.4 is 66.2 Å². The molecule has 0 radical (unpaired) electrons. The molecule has 1 saturated carbocycles. The van der Waals surface area contributed by atoms with E-state index >= 15 is 0 Å². The lowest BCUT2D eigenvalue weighted by atomic mass is 10.1. The van der Waals surface area contributed by atoms with Gasteiger partial charge in [0, 0.05) is 128 Å². The smallest absolute Gasteiger partial charge is 0.326 e. The summed E-state index contributed by atoms with van der Waals surface area (Å²) in [6.07, 6.45) is 6.25. The van der Waals surface area contributed by atoms with Crippen LogP contribution in [-0.2, 0) is 26.2 Å². The molecule has 8 aromatic carbocycles. The van der Waals surface area contributed by atoms with Gasteiger partial charge < -0.3 is 56.4 Å². The molecule has 1 aliphatic carbocycles. The van der Waals surface area contributed by atoms with Gasteiger partial charge in [0.05, 0.1) is 157 Å². The quantitative estimate of drug-likeness (QED) is 0.0309. The molecule has 5 fully saturated rings. The molecular formula is C104H99Cl8F8N21O4S4. The summed E-state index contributed by atoms with van der Waals surface area (Å²) in [7, 11) is 8.26. The van der Waals surface area contributed by atoms with Crippen LogP contribution in [0.4, 0.5) is 123 Å². The van der Waals surface area contributed by atoms with E-state index in [4.69, 9.17) is 113 Å². The lowest BCUT2D eigenvalue weighted by Crippen LogP contribution is -2.48. The summed E-state index contributed by atoms with van der Waals surface area (Å²) in [6, 6.07) is 40.9. The van der Waals surface area contributed by atoms with E-state index in [1.54, 1.807) is 72.8 Å². The van der Waals surface area contributed by atoms with E-state index in [0.717, 1.165) is 219 Å². The Balaban J connectivity index is 0.000000130. The van der Waals surface area contributed by atoms with Gasteiger partial charge in [-0.15, -0.1) is 0 Å². The van der Waals surface area contributed by atoms with Gasteiger partial charge in [-0.25, -0.2) is 74.2 Å². The molecule has 6 N–H and O–H groups in total. The predicted molar refractivity (Wildman–Crippen MR) is 579 cm³/mol. The number of piperidine rings is 2. The average molecular weight is 2270 g/mol. The molecule has 2 unspecified atom stereocenters. The summed E-state index contributed by atoms with van der Waals surface area (Å²) in [4.78, 5) is 94.5. The molecule has 2 atom stereocenters. The zero-order valence-electron chi connectivity index (χ0n) is 80.6. The maximum atomic E-state index is 14.7. The molecule has 12 aromatic rings. The van der Waals surface area contributed by atoms with Crippen molar-refractivity contribution in [2.24, 2.45) is 5.92 Å². The topological polar surface area (TPSA) is 228 Å². The van der Waals surface area contributed by atoms with E-state index < -0.39 is 46.5 Å². The Kier molecular flexibility index (Phi) is 35.1. The van der Waals surface area contributed by atoms with Gasteiger partial charge >= 0.3 is 24.1 Å². The number of nitrogens with zero attached hydrogens (tertiary/aromatic N) is 15. The molecule has 45 heteroatoms. The van der Waals surface area contributed by atoms with Gasteiger partial charge in [-0.2, -0.15) is 0 Å².